The maximum atomic E-state index is 12.5. The van der Waals surface area contributed by atoms with E-state index in [-0.39, 0.29) is 11.3 Å². The zero-order chi connectivity index (χ0) is 21.1. The second-order valence-corrected chi connectivity index (χ2v) is 9.96. The first-order valence-electron chi connectivity index (χ1n) is 11.3. The number of benzene rings is 2. The van der Waals surface area contributed by atoms with E-state index < -0.39 is 5.60 Å². The molecule has 158 valence electrons. The molecule has 2 N–H and O–H groups in total. The number of halogens is 1. The van der Waals surface area contributed by atoms with Crippen molar-refractivity contribution in [1.82, 2.24) is 10.3 Å². The third-order valence-electron chi connectivity index (χ3n) is 8.06. The first-order valence-corrected chi connectivity index (χ1v) is 11.7. The van der Waals surface area contributed by atoms with Crippen LogP contribution in [0.15, 0.2) is 67.0 Å². The summed E-state index contributed by atoms with van der Waals surface area (Å²) in [4.78, 5) is 4.39. The number of piperidine rings is 1. The average molecular weight is 431 g/mol. The number of pyridine rings is 1. The predicted octanol–water partition coefficient (Wildman–Crippen LogP) is 5.15. The molecule has 3 aliphatic rings. The lowest BCUT2D eigenvalue weighted by molar-refractivity contribution is -0.0567. The number of aliphatic hydroxyl groups is 1. The maximum Gasteiger partial charge on any atom is 0.0952 e. The van der Waals surface area contributed by atoms with Crippen molar-refractivity contribution in [2.24, 2.45) is 5.92 Å². The molecule has 0 saturated carbocycles. The molecule has 6 rings (SSSR count). The molecule has 0 radical (unpaired) electrons. The van der Waals surface area contributed by atoms with Gasteiger partial charge in [-0.1, -0.05) is 48.0 Å². The quantitative estimate of drug-likeness (QED) is 0.601. The summed E-state index contributed by atoms with van der Waals surface area (Å²) in [6.07, 6.45) is 7.26. The molecular weight excluding hydrogens is 404 g/mol. The monoisotopic (exact) mass is 430 g/mol. The average Bonchev–Trinajstić information content (AvgIpc) is 3.31. The van der Waals surface area contributed by atoms with Crippen molar-refractivity contribution in [3.05, 3.63) is 99.8 Å². The van der Waals surface area contributed by atoms with E-state index >= 15 is 0 Å². The Morgan fingerprint density at radius 2 is 1.84 bits per heavy atom. The molecule has 0 amide bonds. The van der Waals surface area contributed by atoms with Crippen molar-refractivity contribution in [3.63, 3.8) is 0 Å². The summed E-state index contributed by atoms with van der Waals surface area (Å²) in [5.41, 5.74) is 5.23. The van der Waals surface area contributed by atoms with E-state index in [1.165, 1.54) is 22.3 Å². The van der Waals surface area contributed by atoms with Crippen LogP contribution in [0.25, 0.3) is 0 Å². The van der Waals surface area contributed by atoms with Crippen molar-refractivity contribution in [2.75, 3.05) is 13.1 Å². The standard InChI is InChI=1S/C27H27ClN2O/c28-20-7-8-22-23-15-26(25(22)14-20,24-6-2-1-5-21(23)24)17-27(31,18-9-12-29-13-10-18)19-4-3-11-30-16-19/h1-8,11,14,16,18,23,29,31H,9-10,12-13,15,17H2/t23-,26-,27?/m0/s1. The largest absolute Gasteiger partial charge is 0.385 e. The summed E-state index contributed by atoms with van der Waals surface area (Å²) in [5, 5.41) is 16.7. The minimum Gasteiger partial charge on any atom is -0.385 e. The van der Waals surface area contributed by atoms with Crippen LogP contribution in [0.4, 0.5) is 0 Å². The summed E-state index contributed by atoms with van der Waals surface area (Å²) in [6, 6.07) is 19.2. The van der Waals surface area contributed by atoms with Crippen LogP contribution in [0.1, 0.15) is 59.4 Å². The van der Waals surface area contributed by atoms with E-state index in [0.717, 1.165) is 42.9 Å². The minimum absolute atomic E-state index is 0.196. The van der Waals surface area contributed by atoms with Crippen molar-refractivity contribution in [1.29, 1.82) is 0 Å². The molecule has 3 atom stereocenters. The Labute approximate surface area is 188 Å². The van der Waals surface area contributed by atoms with Crippen LogP contribution in [0.5, 0.6) is 0 Å². The van der Waals surface area contributed by atoms with Crippen LogP contribution in [0, 0.1) is 5.92 Å². The van der Waals surface area contributed by atoms with E-state index in [2.05, 4.69) is 52.8 Å². The van der Waals surface area contributed by atoms with Gasteiger partial charge in [-0.25, -0.2) is 0 Å². The van der Waals surface area contributed by atoms with Crippen LogP contribution in [0.3, 0.4) is 0 Å². The van der Waals surface area contributed by atoms with Gasteiger partial charge in [-0.15, -0.1) is 0 Å². The lowest BCUT2D eigenvalue weighted by Gasteiger charge is -2.45. The normalized spacial score (nSPS) is 26.3. The SMILES string of the molecule is OC(C[C@@]12C[C@@H](c3ccccc31)c1ccc(Cl)cc12)(c1cccnc1)C1CCNCC1. The Morgan fingerprint density at radius 1 is 1.03 bits per heavy atom. The van der Waals surface area contributed by atoms with Gasteiger partial charge >= 0.3 is 0 Å². The van der Waals surface area contributed by atoms with E-state index in [1.807, 2.05) is 18.3 Å². The van der Waals surface area contributed by atoms with Gasteiger partial charge in [-0.05, 0) is 85.1 Å². The van der Waals surface area contributed by atoms with E-state index in [4.69, 9.17) is 11.6 Å². The van der Waals surface area contributed by atoms with Gasteiger partial charge < -0.3 is 10.4 Å². The van der Waals surface area contributed by atoms with Crippen LogP contribution in [-0.4, -0.2) is 23.2 Å². The topological polar surface area (TPSA) is 45.2 Å². The number of fused-ring (bicyclic) bond motifs is 8. The van der Waals surface area contributed by atoms with Crippen molar-refractivity contribution >= 4 is 11.6 Å². The third-order valence-corrected chi connectivity index (χ3v) is 8.29. The molecule has 2 aliphatic carbocycles. The Kier molecular flexibility index (Phi) is 4.50. The van der Waals surface area contributed by atoms with Crippen molar-refractivity contribution in [3.8, 4) is 0 Å². The van der Waals surface area contributed by atoms with Gasteiger partial charge in [0.25, 0.3) is 0 Å². The Bertz CT molecular complexity index is 1130. The van der Waals surface area contributed by atoms with Gasteiger partial charge in [0.05, 0.1) is 5.60 Å². The Hall–Kier alpha value is -2.20. The second kappa shape index (κ2) is 7.16. The molecule has 1 aromatic heterocycles. The Morgan fingerprint density at radius 3 is 2.65 bits per heavy atom. The fourth-order valence-corrected chi connectivity index (χ4v) is 6.88. The summed E-state index contributed by atoms with van der Waals surface area (Å²) in [6.45, 7) is 1.89. The molecule has 3 nitrogen and oxygen atoms in total. The molecule has 3 aromatic rings. The van der Waals surface area contributed by atoms with Gasteiger partial charge in [0.2, 0.25) is 0 Å². The van der Waals surface area contributed by atoms with Gasteiger partial charge in [-0.2, -0.15) is 0 Å². The summed E-state index contributed by atoms with van der Waals surface area (Å²) in [5.74, 6) is 0.580. The highest BCUT2D eigenvalue weighted by molar-refractivity contribution is 6.30. The first kappa shape index (κ1) is 19.5. The fraction of sp³-hybridized carbons (Fsp3) is 0.370. The van der Waals surface area contributed by atoms with Crippen LogP contribution in [-0.2, 0) is 11.0 Å². The molecule has 1 saturated heterocycles. The zero-order valence-electron chi connectivity index (χ0n) is 17.5. The molecule has 1 unspecified atom stereocenters. The summed E-state index contributed by atoms with van der Waals surface area (Å²) in [7, 11) is 0. The number of hydrogen-bond acceptors (Lipinski definition) is 3. The van der Waals surface area contributed by atoms with E-state index in [9.17, 15) is 5.11 Å². The fourth-order valence-electron chi connectivity index (χ4n) is 6.71. The molecule has 1 aliphatic heterocycles. The Balaban J connectivity index is 1.54. The van der Waals surface area contributed by atoms with Crippen molar-refractivity contribution in [2.45, 2.75) is 42.6 Å². The molecule has 0 spiro atoms. The highest BCUT2D eigenvalue weighted by Crippen LogP contribution is 2.64. The highest BCUT2D eigenvalue weighted by Gasteiger charge is 2.57. The molecule has 1 fully saturated rings. The smallest absolute Gasteiger partial charge is 0.0952 e. The molecule has 2 aromatic carbocycles. The van der Waals surface area contributed by atoms with Crippen LogP contribution in [0.2, 0.25) is 5.02 Å². The summed E-state index contributed by atoms with van der Waals surface area (Å²) < 4.78 is 0. The number of nitrogens with one attached hydrogen (secondary N) is 1. The van der Waals surface area contributed by atoms with Crippen LogP contribution >= 0.6 is 11.6 Å². The van der Waals surface area contributed by atoms with Gasteiger partial charge in [0, 0.05) is 34.3 Å². The third kappa shape index (κ3) is 2.83. The van der Waals surface area contributed by atoms with Gasteiger partial charge in [-0.3, -0.25) is 4.98 Å². The first-order chi connectivity index (χ1) is 15.1. The van der Waals surface area contributed by atoms with Crippen LogP contribution < -0.4 is 5.32 Å². The van der Waals surface area contributed by atoms with Gasteiger partial charge in [0.1, 0.15) is 0 Å². The van der Waals surface area contributed by atoms with E-state index in [0.29, 0.717) is 12.3 Å². The number of nitrogens with zero attached hydrogens (tertiary/aromatic N) is 1. The molecule has 31 heavy (non-hydrogen) atoms. The lowest BCUT2D eigenvalue weighted by Crippen LogP contribution is -2.46. The number of aromatic nitrogens is 1. The second-order valence-electron chi connectivity index (χ2n) is 9.52. The zero-order valence-corrected chi connectivity index (χ0v) is 18.3. The van der Waals surface area contributed by atoms with Crippen molar-refractivity contribution < 1.29 is 5.11 Å². The predicted molar refractivity (Wildman–Crippen MR) is 123 cm³/mol. The molecular formula is C27H27ClN2O. The van der Waals surface area contributed by atoms with E-state index in [1.54, 1.807) is 6.20 Å². The van der Waals surface area contributed by atoms with Gasteiger partial charge in [0.15, 0.2) is 0 Å². The lowest BCUT2D eigenvalue weighted by atomic mass is 9.63. The number of hydrogen-bond donors (Lipinski definition) is 2. The molecule has 2 heterocycles. The molecule has 2 bridgehead atoms. The highest BCUT2D eigenvalue weighted by atomic mass is 35.5. The minimum atomic E-state index is -0.942. The number of rotatable bonds is 4. The maximum absolute atomic E-state index is 12.5. The molecule has 4 heteroatoms. The summed E-state index contributed by atoms with van der Waals surface area (Å²) >= 11 is 6.51.